The fourth-order valence-corrected chi connectivity index (χ4v) is 2.35. The Bertz CT molecular complexity index is 498. The Balaban J connectivity index is 2.80. The van der Waals surface area contributed by atoms with Crippen LogP contribution in [0.1, 0.15) is 44.2 Å². The number of carbonyl (C=O) groups excluding carboxylic acids is 1. The fourth-order valence-electron chi connectivity index (χ4n) is 2.22. The van der Waals surface area contributed by atoms with Crippen molar-refractivity contribution in [3.63, 3.8) is 0 Å². The first-order valence-electron chi connectivity index (χ1n) is 7.98. The molecule has 0 aliphatic heterocycles. The summed E-state index contributed by atoms with van der Waals surface area (Å²) in [5, 5.41) is 0. The Labute approximate surface area is 148 Å². The van der Waals surface area contributed by atoms with E-state index in [0.29, 0.717) is 19.6 Å². The van der Waals surface area contributed by atoms with Crippen LogP contribution < -0.4 is 9.47 Å². The van der Waals surface area contributed by atoms with Gasteiger partial charge in [-0.3, -0.25) is 0 Å². The van der Waals surface area contributed by atoms with E-state index in [4.69, 9.17) is 32.7 Å². The molecule has 1 aromatic rings. The number of rotatable bonds is 11. The maximum Gasteiger partial charge on any atom is 0.125 e. The van der Waals surface area contributed by atoms with E-state index in [1.165, 1.54) is 0 Å². The quantitative estimate of drug-likeness (QED) is 0.399. The van der Waals surface area contributed by atoms with Gasteiger partial charge >= 0.3 is 0 Å². The Morgan fingerprint density at radius 1 is 1.09 bits per heavy atom. The minimum absolute atomic E-state index is 0.201. The van der Waals surface area contributed by atoms with Crippen molar-refractivity contribution in [3.05, 3.63) is 33.8 Å². The lowest BCUT2D eigenvalue weighted by Crippen LogP contribution is -2.05. The fraction of sp³-hybridized carbons (Fsp3) is 0.500. The van der Waals surface area contributed by atoms with Crippen LogP contribution in [0, 0.1) is 0 Å². The molecule has 0 fully saturated rings. The van der Waals surface area contributed by atoms with E-state index in [1.807, 2.05) is 12.1 Å². The summed E-state index contributed by atoms with van der Waals surface area (Å²) in [7, 11) is 0. The molecule has 5 heteroatoms. The largest absolute Gasteiger partial charge is 0.493 e. The lowest BCUT2D eigenvalue weighted by Gasteiger charge is -2.17. The predicted octanol–water partition coefficient (Wildman–Crippen LogP) is 5.26. The lowest BCUT2D eigenvalue weighted by atomic mass is 10.0. The summed E-state index contributed by atoms with van der Waals surface area (Å²) in [6.07, 6.45) is 6.61. The van der Waals surface area contributed by atoms with Gasteiger partial charge in [-0.25, -0.2) is 0 Å². The average Bonchev–Trinajstić information content (AvgIpc) is 2.54. The Morgan fingerprint density at radius 3 is 2.26 bits per heavy atom. The number of carbonyl (C=O) groups is 1. The molecule has 0 saturated carbocycles. The van der Waals surface area contributed by atoms with Gasteiger partial charge in [0.25, 0.3) is 0 Å². The van der Waals surface area contributed by atoms with E-state index in [9.17, 15) is 4.79 Å². The van der Waals surface area contributed by atoms with Gasteiger partial charge in [0.1, 0.15) is 28.9 Å². The molecule has 23 heavy (non-hydrogen) atoms. The molecule has 128 valence electrons. The highest BCUT2D eigenvalue weighted by molar-refractivity contribution is 6.55. The molecule has 3 nitrogen and oxygen atoms in total. The Hall–Kier alpha value is -1.19. The number of halogens is 2. The topological polar surface area (TPSA) is 35.5 Å². The normalized spacial score (nSPS) is 10.3. The van der Waals surface area contributed by atoms with Crippen molar-refractivity contribution in [1.82, 2.24) is 0 Å². The number of hydrogen-bond donors (Lipinski definition) is 0. The SMILES string of the molecule is CCc1cc(OCC=C(Cl)Cl)cc(CC)c1OCCCCC=O. The summed E-state index contributed by atoms with van der Waals surface area (Å²) in [6.45, 7) is 5.14. The highest BCUT2D eigenvalue weighted by atomic mass is 35.5. The van der Waals surface area contributed by atoms with Crippen molar-refractivity contribution in [1.29, 1.82) is 0 Å². The maximum absolute atomic E-state index is 10.3. The van der Waals surface area contributed by atoms with Crippen LogP contribution in [0.15, 0.2) is 22.7 Å². The first-order valence-corrected chi connectivity index (χ1v) is 8.74. The third kappa shape index (κ3) is 7.28. The van der Waals surface area contributed by atoms with E-state index in [1.54, 1.807) is 6.08 Å². The second kappa shape index (κ2) is 11.4. The van der Waals surface area contributed by atoms with Gasteiger partial charge in [0.15, 0.2) is 0 Å². The first-order chi connectivity index (χ1) is 11.1. The summed E-state index contributed by atoms with van der Waals surface area (Å²) in [5.74, 6) is 1.73. The van der Waals surface area contributed by atoms with Gasteiger partial charge in [-0.05, 0) is 55.0 Å². The monoisotopic (exact) mass is 358 g/mol. The van der Waals surface area contributed by atoms with Gasteiger partial charge in [0.2, 0.25) is 0 Å². The molecule has 0 spiro atoms. The molecule has 0 radical (unpaired) electrons. The molecule has 0 aromatic heterocycles. The third-order valence-corrected chi connectivity index (χ3v) is 3.74. The van der Waals surface area contributed by atoms with E-state index in [-0.39, 0.29) is 4.49 Å². The maximum atomic E-state index is 10.3. The molecule has 0 N–H and O–H groups in total. The van der Waals surface area contributed by atoms with Gasteiger partial charge in [0.05, 0.1) is 6.61 Å². The molecule has 0 aliphatic rings. The van der Waals surface area contributed by atoms with Crippen LogP contribution in [0.4, 0.5) is 0 Å². The zero-order chi connectivity index (χ0) is 17.1. The molecule has 1 aromatic carbocycles. The van der Waals surface area contributed by atoms with Crippen molar-refractivity contribution in [2.45, 2.75) is 46.0 Å². The number of unbranched alkanes of at least 4 members (excludes halogenated alkanes) is 2. The van der Waals surface area contributed by atoms with E-state index >= 15 is 0 Å². The summed E-state index contributed by atoms with van der Waals surface area (Å²) < 4.78 is 11.8. The number of ether oxygens (including phenoxy) is 2. The molecule has 1 rings (SSSR count). The summed E-state index contributed by atoms with van der Waals surface area (Å²) in [6, 6.07) is 3.99. The number of aryl methyl sites for hydroxylation is 2. The van der Waals surface area contributed by atoms with Crippen LogP contribution in [-0.2, 0) is 17.6 Å². The second-order valence-electron chi connectivity index (χ2n) is 5.09. The van der Waals surface area contributed by atoms with Crippen molar-refractivity contribution >= 4 is 29.5 Å². The van der Waals surface area contributed by atoms with Gasteiger partial charge in [-0.15, -0.1) is 0 Å². The predicted molar refractivity (Wildman–Crippen MR) is 95.9 cm³/mol. The standard InChI is InChI=1S/C18H24Cl2O3/c1-3-14-12-16(22-11-8-17(19)20)13-15(4-2)18(14)23-10-7-5-6-9-21/h8-9,12-13H,3-7,10-11H2,1-2H3. The molecule has 0 atom stereocenters. The zero-order valence-corrected chi connectivity index (χ0v) is 15.3. The van der Waals surface area contributed by atoms with Crippen LogP contribution in [0.3, 0.4) is 0 Å². The van der Waals surface area contributed by atoms with E-state index < -0.39 is 0 Å². The second-order valence-corrected chi connectivity index (χ2v) is 6.10. The molecule has 0 aliphatic carbocycles. The van der Waals surface area contributed by atoms with Gasteiger partial charge < -0.3 is 14.3 Å². The molecule has 0 bridgehead atoms. The first kappa shape index (κ1) is 19.9. The van der Waals surface area contributed by atoms with Crippen molar-refractivity contribution in [2.24, 2.45) is 0 Å². The van der Waals surface area contributed by atoms with Crippen LogP contribution in [0.2, 0.25) is 0 Å². The molecular weight excluding hydrogens is 335 g/mol. The molecule has 0 saturated heterocycles. The minimum atomic E-state index is 0.201. The number of benzene rings is 1. The molecule has 0 unspecified atom stereocenters. The highest BCUT2D eigenvalue weighted by Crippen LogP contribution is 2.31. The zero-order valence-electron chi connectivity index (χ0n) is 13.7. The van der Waals surface area contributed by atoms with Crippen LogP contribution in [-0.4, -0.2) is 19.5 Å². The van der Waals surface area contributed by atoms with Crippen LogP contribution in [0.5, 0.6) is 11.5 Å². The summed E-state index contributed by atoms with van der Waals surface area (Å²) in [5.41, 5.74) is 2.24. The van der Waals surface area contributed by atoms with E-state index in [0.717, 1.165) is 54.6 Å². The third-order valence-electron chi connectivity index (χ3n) is 3.43. The number of aldehydes is 1. The molecule has 0 heterocycles. The average molecular weight is 359 g/mol. The molecule has 0 amide bonds. The lowest BCUT2D eigenvalue weighted by molar-refractivity contribution is -0.107. The van der Waals surface area contributed by atoms with Crippen molar-refractivity contribution in [2.75, 3.05) is 13.2 Å². The number of hydrogen-bond acceptors (Lipinski definition) is 3. The molecular formula is C18H24Cl2O3. The summed E-state index contributed by atoms with van der Waals surface area (Å²) >= 11 is 11.2. The van der Waals surface area contributed by atoms with Crippen molar-refractivity contribution < 1.29 is 14.3 Å². The van der Waals surface area contributed by atoms with Crippen molar-refractivity contribution in [3.8, 4) is 11.5 Å². The van der Waals surface area contributed by atoms with Gasteiger partial charge in [0, 0.05) is 6.42 Å². The summed E-state index contributed by atoms with van der Waals surface area (Å²) in [4.78, 5) is 10.3. The van der Waals surface area contributed by atoms with E-state index in [2.05, 4.69) is 13.8 Å². The van der Waals surface area contributed by atoms with Crippen LogP contribution >= 0.6 is 23.2 Å². The Kier molecular flexibility index (Phi) is 9.81. The highest BCUT2D eigenvalue weighted by Gasteiger charge is 2.11. The minimum Gasteiger partial charge on any atom is -0.493 e. The van der Waals surface area contributed by atoms with Gasteiger partial charge in [-0.2, -0.15) is 0 Å². The van der Waals surface area contributed by atoms with Gasteiger partial charge in [-0.1, -0.05) is 37.0 Å². The van der Waals surface area contributed by atoms with Crippen LogP contribution in [0.25, 0.3) is 0 Å². The smallest absolute Gasteiger partial charge is 0.125 e. The Morgan fingerprint density at radius 2 is 1.74 bits per heavy atom.